The Morgan fingerprint density at radius 1 is 1.00 bits per heavy atom. The summed E-state index contributed by atoms with van der Waals surface area (Å²) in [5.41, 5.74) is -0.107. The van der Waals surface area contributed by atoms with E-state index in [1.807, 2.05) is 0 Å². The molecule has 1 aromatic heterocycles. The van der Waals surface area contributed by atoms with Crippen LogP contribution < -0.4 is 10.6 Å². The monoisotopic (exact) mass is 391 g/mol. The fourth-order valence-corrected chi connectivity index (χ4v) is 2.53. The van der Waals surface area contributed by atoms with Gasteiger partial charge in [-0.1, -0.05) is 29.8 Å². The zero-order valence-electron chi connectivity index (χ0n) is 13.7. The van der Waals surface area contributed by atoms with Crippen molar-refractivity contribution in [1.29, 1.82) is 0 Å². The molecule has 138 valence electrons. The lowest BCUT2D eigenvalue weighted by atomic mass is 10.1. The fraction of sp³-hybridized carbons (Fsp3) is 0.0526. The first kappa shape index (κ1) is 18.7. The number of carbonyl (C=O) groups excluding carboxylic acids is 1. The van der Waals surface area contributed by atoms with E-state index < -0.39 is 17.6 Å². The Hall–Kier alpha value is -3.06. The Labute approximate surface area is 158 Å². The van der Waals surface area contributed by atoms with Gasteiger partial charge in [-0.25, -0.2) is 4.98 Å². The molecular formula is C19H13ClF3N3O. The Morgan fingerprint density at radius 2 is 1.78 bits per heavy atom. The molecule has 0 aliphatic rings. The largest absolute Gasteiger partial charge is 0.416 e. The van der Waals surface area contributed by atoms with Crippen LogP contribution in [0.15, 0.2) is 66.9 Å². The number of hydrogen-bond acceptors (Lipinski definition) is 3. The number of nitrogens with one attached hydrogen (secondary N) is 2. The highest BCUT2D eigenvalue weighted by Crippen LogP contribution is 2.31. The number of hydrogen-bond donors (Lipinski definition) is 2. The Bertz CT molecular complexity index is 976. The van der Waals surface area contributed by atoms with Crippen molar-refractivity contribution in [3.8, 4) is 0 Å². The molecule has 0 aliphatic heterocycles. The number of carbonyl (C=O) groups is 1. The summed E-state index contributed by atoms with van der Waals surface area (Å²) in [6.07, 6.45) is -3.01. The first-order chi connectivity index (χ1) is 12.8. The number of amides is 1. The highest BCUT2D eigenvalue weighted by molar-refractivity contribution is 6.33. The van der Waals surface area contributed by atoms with E-state index in [9.17, 15) is 18.0 Å². The van der Waals surface area contributed by atoms with Gasteiger partial charge in [0.05, 0.1) is 21.8 Å². The van der Waals surface area contributed by atoms with Gasteiger partial charge >= 0.3 is 6.18 Å². The molecular weight excluding hydrogens is 379 g/mol. The third kappa shape index (κ3) is 4.57. The standard InChI is InChI=1S/C19H13ClF3N3O/c20-15-8-1-2-9-16(15)26-17-14(7-4-10-24-17)18(27)25-13-6-3-5-12(11-13)19(21,22)23/h1-11H,(H,24,26)(H,25,27). The van der Waals surface area contributed by atoms with Crippen LogP contribution in [0.2, 0.25) is 5.02 Å². The molecule has 1 heterocycles. The number of para-hydroxylation sites is 1. The van der Waals surface area contributed by atoms with E-state index in [1.165, 1.54) is 24.4 Å². The summed E-state index contributed by atoms with van der Waals surface area (Å²) in [6.45, 7) is 0. The topological polar surface area (TPSA) is 54.0 Å². The average Bonchev–Trinajstić information content (AvgIpc) is 2.63. The van der Waals surface area contributed by atoms with Crippen molar-refractivity contribution in [2.45, 2.75) is 6.18 Å². The molecule has 0 aliphatic carbocycles. The Kier molecular flexibility index (Phi) is 5.32. The van der Waals surface area contributed by atoms with Crippen LogP contribution in [0.25, 0.3) is 0 Å². The minimum atomic E-state index is -4.49. The maximum Gasteiger partial charge on any atom is 0.416 e. The molecule has 3 aromatic rings. The highest BCUT2D eigenvalue weighted by atomic mass is 35.5. The van der Waals surface area contributed by atoms with Crippen LogP contribution >= 0.6 is 11.6 Å². The third-order valence-electron chi connectivity index (χ3n) is 3.63. The molecule has 0 saturated carbocycles. The first-order valence-electron chi connectivity index (χ1n) is 7.80. The summed E-state index contributed by atoms with van der Waals surface area (Å²) < 4.78 is 38.5. The normalized spacial score (nSPS) is 11.1. The maximum atomic E-state index is 12.8. The molecule has 8 heteroatoms. The summed E-state index contributed by atoms with van der Waals surface area (Å²) in [4.78, 5) is 16.7. The SMILES string of the molecule is O=C(Nc1cccc(C(F)(F)F)c1)c1cccnc1Nc1ccccc1Cl. The molecule has 0 bridgehead atoms. The number of anilines is 3. The second kappa shape index (κ2) is 7.67. The van der Waals surface area contributed by atoms with Gasteiger partial charge in [-0.3, -0.25) is 4.79 Å². The molecule has 2 aromatic carbocycles. The number of alkyl halides is 3. The van der Waals surface area contributed by atoms with Crippen LogP contribution in [0.5, 0.6) is 0 Å². The predicted molar refractivity (Wildman–Crippen MR) is 98.4 cm³/mol. The van der Waals surface area contributed by atoms with Gasteiger partial charge in [-0.2, -0.15) is 13.2 Å². The van der Waals surface area contributed by atoms with Gasteiger partial charge in [0.25, 0.3) is 5.91 Å². The summed E-state index contributed by atoms with van der Waals surface area (Å²) in [5, 5.41) is 5.86. The summed E-state index contributed by atoms with van der Waals surface area (Å²) in [6, 6.07) is 14.4. The van der Waals surface area contributed by atoms with Gasteiger partial charge < -0.3 is 10.6 Å². The molecule has 0 unspecified atom stereocenters. The number of pyridine rings is 1. The number of halogens is 4. The van der Waals surface area contributed by atoms with Crippen molar-refractivity contribution in [2.75, 3.05) is 10.6 Å². The van der Waals surface area contributed by atoms with Gasteiger partial charge in [0.1, 0.15) is 5.82 Å². The van der Waals surface area contributed by atoms with Crippen LogP contribution in [0.1, 0.15) is 15.9 Å². The van der Waals surface area contributed by atoms with E-state index >= 15 is 0 Å². The van der Waals surface area contributed by atoms with Gasteiger partial charge in [-0.15, -0.1) is 0 Å². The Morgan fingerprint density at radius 3 is 2.52 bits per heavy atom. The minimum absolute atomic E-state index is 0.0300. The molecule has 1 amide bonds. The Balaban J connectivity index is 1.85. The molecule has 0 atom stereocenters. The summed E-state index contributed by atoms with van der Waals surface area (Å²) >= 11 is 6.10. The van der Waals surface area contributed by atoms with Crippen molar-refractivity contribution >= 4 is 34.7 Å². The molecule has 0 radical (unpaired) electrons. The summed E-state index contributed by atoms with van der Waals surface area (Å²) in [7, 11) is 0. The van der Waals surface area contributed by atoms with Gasteiger partial charge in [0.2, 0.25) is 0 Å². The fourth-order valence-electron chi connectivity index (χ4n) is 2.35. The van der Waals surface area contributed by atoms with Gasteiger partial charge in [0.15, 0.2) is 0 Å². The van der Waals surface area contributed by atoms with Crippen LogP contribution in [-0.2, 0) is 6.18 Å². The minimum Gasteiger partial charge on any atom is -0.338 e. The second-order valence-corrected chi connectivity index (χ2v) is 5.94. The lowest BCUT2D eigenvalue weighted by Gasteiger charge is -2.13. The quantitative estimate of drug-likeness (QED) is 0.595. The van der Waals surface area contributed by atoms with Crippen molar-refractivity contribution < 1.29 is 18.0 Å². The lowest BCUT2D eigenvalue weighted by Crippen LogP contribution is -2.15. The molecule has 2 N–H and O–H groups in total. The van der Waals surface area contributed by atoms with Crippen molar-refractivity contribution in [2.24, 2.45) is 0 Å². The van der Waals surface area contributed by atoms with Crippen molar-refractivity contribution in [1.82, 2.24) is 4.98 Å². The summed E-state index contributed by atoms with van der Waals surface area (Å²) in [5.74, 6) is -0.368. The average molecular weight is 392 g/mol. The van der Waals surface area contributed by atoms with Crippen LogP contribution in [0.3, 0.4) is 0 Å². The van der Waals surface area contributed by atoms with Crippen LogP contribution in [0.4, 0.5) is 30.4 Å². The molecule has 0 fully saturated rings. The van der Waals surface area contributed by atoms with E-state index in [0.717, 1.165) is 12.1 Å². The maximum absolute atomic E-state index is 12.8. The molecule has 0 saturated heterocycles. The molecule has 0 spiro atoms. The number of benzene rings is 2. The second-order valence-electron chi connectivity index (χ2n) is 5.54. The zero-order valence-corrected chi connectivity index (χ0v) is 14.5. The lowest BCUT2D eigenvalue weighted by molar-refractivity contribution is -0.137. The number of rotatable bonds is 4. The van der Waals surface area contributed by atoms with E-state index in [0.29, 0.717) is 10.7 Å². The predicted octanol–water partition coefficient (Wildman–Crippen LogP) is 5.75. The molecule has 4 nitrogen and oxygen atoms in total. The van der Waals surface area contributed by atoms with Crippen molar-refractivity contribution in [3.63, 3.8) is 0 Å². The molecule has 27 heavy (non-hydrogen) atoms. The third-order valence-corrected chi connectivity index (χ3v) is 3.96. The smallest absolute Gasteiger partial charge is 0.338 e. The highest BCUT2D eigenvalue weighted by Gasteiger charge is 2.30. The van der Waals surface area contributed by atoms with Crippen LogP contribution in [-0.4, -0.2) is 10.9 Å². The van der Waals surface area contributed by atoms with Crippen molar-refractivity contribution in [3.05, 3.63) is 83.0 Å². The molecule has 3 rings (SSSR count). The van der Waals surface area contributed by atoms with Gasteiger partial charge in [-0.05, 0) is 42.5 Å². The van der Waals surface area contributed by atoms with Gasteiger partial charge in [0, 0.05) is 11.9 Å². The number of aromatic nitrogens is 1. The van der Waals surface area contributed by atoms with E-state index in [-0.39, 0.29) is 17.1 Å². The zero-order chi connectivity index (χ0) is 19.4. The van der Waals surface area contributed by atoms with E-state index in [4.69, 9.17) is 11.6 Å². The van der Waals surface area contributed by atoms with Crippen LogP contribution in [0, 0.1) is 0 Å². The first-order valence-corrected chi connectivity index (χ1v) is 8.17. The van der Waals surface area contributed by atoms with E-state index in [2.05, 4.69) is 15.6 Å². The number of nitrogens with zero attached hydrogens (tertiary/aromatic N) is 1. The van der Waals surface area contributed by atoms with E-state index in [1.54, 1.807) is 30.3 Å².